The quantitative estimate of drug-likeness (QED) is 0.795. The molecule has 1 heterocycles. The number of rotatable bonds is 5. The molecule has 134 valence electrons. The van der Waals surface area contributed by atoms with Crippen LogP contribution < -0.4 is 5.32 Å². The van der Waals surface area contributed by atoms with Crippen molar-refractivity contribution in [3.05, 3.63) is 24.3 Å². The zero-order chi connectivity index (χ0) is 17.8. The predicted octanol–water partition coefficient (Wildman–Crippen LogP) is 2.54. The van der Waals surface area contributed by atoms with Gasteiger partial charge in [0.25, 0.3) is 0 Å². The second kappa shape index (κ2) is 7.86. The van der Waals surface area contributed by atoms with Crippen LogP contribution in [0.5, 0.6) is 5.75 Å². The molecule has 1 aliphatic carbocycles. The maximum absolute atomic E-state index is 12.5. The lowest BCUT2D eigenvalue weighted by Crippen LogP contribution is -2.44. The smallest absolute Gasteiger partial charge is 0.233 e. The average Bonchev–Trinajstić information content (AvgIpc) is 3.05. The summed E-state index contributed by atoms with van der Waals surface area (Å²) in [5.41, 5.74) is 0.735. The summed E-state index contributed by atoms with van der Waals surface area (Å²) in [6, 6.07) is 6.87. The van der Waals surface area contributed by atoms with Gasteiger partial charge >= 0.3 is 0 Å². The summed E-state index contributed by atoms with van der Waals surface area (Å²) in [4.78, 5) is 12.5. The van der Waals surface area contributed by atoms with Gasteiger partial charge in [-0.05, 0) is 60.4 Å². The third-order valence-corrected chi connectivity index (χ3v) is 5.66. The molecule has 1 aromatic carbocycles. The summed E-state index contributed by atoms with van der Waals surface area (Å²) in [6.45, 7) is 4.07. The standard InChI is InChI=1S/C17H23N5O2S/c1-11-5-3-4-6-15(11)18-16(24)12(2)25-17-19-20-21-22(17)13-7-9-14(23)10-8-13/h7-12,15,23H,3-6H2,1-2H3,(H,18,24)/t11-,12-,15-/m1/s1. The molecule has 1 aliphatic rings. The van der Waals surface area contributed by atoms with Gasteiger partial charge in [-0.25, -0.2) is 0 Å². The number of phenolic OH excluding ortho intramolecular Hbond substituents is 1. The fraction of sp³-hybridized carbons (Fsp3) is 0.529. The molecule has 1 saturated carbocycles. The first-order valence-corrected chi connectivity index (χ1v) is 9.47. The number of benzene rings is 1. The highest BCUT2D eigenvalue weighted by Crippen LogP contribution is 2.26. The van der Waals surface area contributed by atoms with Crippen LogP contribution in [0.25, 0.3) is 5.69 Å². The SMILES string of the molecule is C[C@@H]1CCCC[C@H]1NC(=O)[C@@H](C)Sc1nnnn1-c1ccc(O)cc1. The zero-order valence-corrected chi connectivity index (χ0v) is 15.2. The van der Waals surface area contributed by atoms with Gasteiger partial charge in [0.15, 0.2) is 0 Å². The normalized spacial score (nSPS) is 21.7. The fourth-order valence-electron chi connectivity index (χ4n) is 3.05. The number of nitrogens with zero attached hydrogens (tertiary/aromatic N) is 4. The number of carbonyl (C=O) groups excluding carboxylic acids is 1. The molecule has 0 aliphatic heterocycles. The lowest BCUT2D eigenvalue weighted by atomic mass is 9.86. The van der Waals surface area contributed by atoms with Crippen molar-refractivity contribution >= 4 is 17.7 Å². The van der Waals surface area contributed by atoms with Crippen molar-refractivity contribution in [3.8, 4) is 11.4 Å². The van der Waals surface area contributed by atoms with E-state index in [2.05, 4.69) is 27.8 Å². The van der Waals surface area contributed by atoms with E-state index in [4.69, 9.17) is 0 Å². The highest BCUT2D eigenvalue weighted by atomic mass is 32.2. The third kappa shape index (κ3) is 4.31. The lowest BCUT2D eigenvalue weighted by Gasteiger charge is -2.30. The topological polar surface area (TPSA) is 92.9 Å². The van der Waals surface area contributed by atoms with Gasteiger partial charge in [0, 0.05) is 6.04 Å². The Morgan fingerprint density at radius 3 is 2.76 bits per heavy atom. The van der Waals surface area contributed by atoms with Gasteiger partial charge in [0.2, 0.25) is 11.1 Å². The van der Waals surface area contributed by atoms with Crippen LogP contribution in [0.3, 0.4) is 0 Å². The Labute approximate surface area is 151 Å². The summed E-state index contributed by atoms with van der Waals surface area (Å²) in [7, 11) is 0. The van der Waals surface area contributed by atoms with E-state index >= 15 is 0 Å². The van der Waals surface area contributed by atoms with E-state index < -0.39 is 0 Å². The van der Waals surface area contributed by atoms with Crippen molar-refractivity contribution in [3.63, 3.8) is 0 Å². The number of hydrogen-bond donors (Lipinski definition) is 2. The Morgan fingerprint density at radius 1 is 1.32 bits per heavy atom. The van der Waals surface area contributed by atoms with Crippen molar-refractivity contribution in [2.24, 2.45) is 5.92 Å². The van der Waals surface area contributed by atoms with E-state index in [1.807, 2.05) is 6.92 Å². The number of thioether (sulfide) groups is 1. The van der Waals surface area contributed by atoms with Crippen molar-refractivity contribution in [2.45, 2.75) is 56.0 Å². The Balaban J connectivity index is 1.65. The van der Waals surface area contributed by atoms with Crippen LogP contribution in [0.4, 0.5) is 0 Å². The molecule has 3 rings (SSSR count). The molecule has 2 N–H and O–H groups in total. The Kier molecular flexibility index (Phi) is 5.57. The van der Waals surface area contributed by atoms with Gasteiger partial charge in [-0.3, -0.25) is 4.79 Å². The maximum atomic E-state index is 12.5. The minimum absolute atomic E-state index is 0.0176. The van der Waals surface area contributed by atoms with E-state index in [9.17, 15) is 9.90 Å². The van der Waals surface area contributed by atoms with Gasteiger partial charge in [-0.1, -0.05) is 31.5 Å². The first kappa shape index (κ1) is 17.7. The summed E-state index contributed by atoms with van der Waals surface area (Å²) in [6.07, 6.45) is 4.65. The van der Waals surface area contributed by atoms with E-state index in [0.717, 1.165) is 12.1 Å². The van der Waals surface area contributed by atoms with Crippen molar-refractivity contribution in [1.29, 1.82) is 0 Å². The highest BCUT2D eigenvalue weighted by molar-refractivity contribution is 8.00. The van der Waals surface area contributed by atoms with Gasteiger partial charge in [0.1, 0.15) is 5.75 Å². The largest absolute Gasteiger partial charge is 0.508 e. The predicted molar refractivity (Wildman–Crippen MR) is 95.7 cm³/mol. The molecule has 8 heteroatoms. The van der Waals surface area contributed by atoms with Gasteiger partial charge in [0.05, 0.1) is 10.9 Å². The number of carbonyl (C=O) groups is 1. The summed E-state index contributed by atoms with van der Waals surface area (Å²) >= 11 is 1.33. The lowest BCUT2D eigenvalue weighted by molar-refractivity contribution is -0.121. The zero-order valence-electron chi connectivity index (χ0n) is 14.4. The molecule has 0 spiro atoms. The van der Waals surface area contributed by atoms with Crippen LogP contribution in [0, 0.1) is 5.92 Å². The Morgan fingerprint density at radius 2 is 2.04 bits per heavy atom. The second-order valence-electron chi connectivity index (χ2n) is 6.53. The minimum Gasteiger partial charge on any atom is -0.508 e. The third-order valence-electron chi connectivity index (χ3n) is 4.63. The molecule has 2 aromatic rings. The summed E-state index contributed by atoms with van der Waals surface area (Å²) in [5, 5.41) is 24.5. The number of aromatic nitrogens is 4. The molecular formula is C17H23N5O2S. The Bertz CT molecular complexity index is 718. The number of phenols is 1. The molecule has 0 bridgehead atoms. The van der Waals surface area contributed by atoms with E-state index in [1.54, 1.807) is 28.9 Å². The monoisotopic (exact) mass is 361 g/mol. The number of amides is 1. The second-order valence-corrected chi connectivity index (χ2v) is 7.83. The van der Waals surface area contributed by atoms with Crippen molar-refractivity contribution < 1.29 is 9.90 Å². The molecule has 25 heavy (non-hydrogen) atoms. The van der Waals surface area contributed by atoms with Crippen LogP contribution in [-0.2, 0) is 4.79 Å². The Hall–Kier alpha value is -2.09. The molecule has 3 atom stereocenters. The molecule has 0 saturated heterocycles. The number of tetrazole rings is 1. The number of nitrogens with one attached hydrogen (secondary N) is 1. The first-order chi connectivity index (χ1) is 12.0. The molecule has 7 nitrogen and oxygen atoms in total. The molecule has 1 fully saturated rings. The van der Waals surface area contributed by atoms with Crippen LogP contribution in [-0.4, -0.2) is 42.5 Å². The molecule has 0 unspecified atom stereocenters. The van der Waals surface area contributed by atoms with Crippen LogP contribution in [0.15, 0.2) is 29.4 Å². The first-order valence-electron chi connectivity index (χ1n) is 8.59. The van der Waals surface area contributed by atoms with Crippen LogP contribution in [0.1, 0.15) is 39.5 Å². The molecule has 1 amide bonds. The summed E-state index contributed by atoms with van der Waals surface area (Å²) in [5.74, 6) is 0.724. The summed E-state index contributed by atoms with van der Waals surface area (Å²) < 4.78 is 1.57. The van der Waals surface area contributed by atoms with Crippen molar-refractivity contribution in [1.82, 2.24) is 25.5 Å². The van der Waals surface area contributed by atoms with Crippen LogP contribution in [0.2, 0.25) is 0 Å². The molecular weight excluding hydrogens is 338 g/mol. The number of aromatic hydroxyl groups is 1. The van der Waals surface area contributed by atoms with E-state index in [0.29, 0.717) is 11.1 Å². The number of hydrogen-bond acceptors (Lipinski definition) is 6. The fourth-order valence-corrected chi connectivity index (χ4v) is 3.87. The molecule has 0 radical (unpaired) electrons. The average molecular weight is 361 g/mol. The van der Waals surface area contributed by atoms with E-state index in [1.165, 1.54) is 31.0 Å². The minimum atomic E-state index is -0.295. The van der Waals surface area contributed by atoms with Crippen LogP contribution >= 0.6 is 11.8 Å². The molecule has 1 aromatic heterocycles. The van der Waals surface area contributed by atoms with E-state index in [-0.39, 0.29) is 22.9 Å². The van der Waals surface area contributed by atoms with Gasteiger partial charge in [-0.15, -0.1) is 5.10 Å². The van der Waals surface area contributed by atoms with Gasteiger partial charge < -0.3 is 10.4 Å². The van der Waals surface area contributed by atoms with Gasteiger partial charge in [-0.2, -0.15) is 4.68 Å². The van der Waals surface area contributed by atoms with Crippen molar-refractivity contribution in [2.75, 3.05) is 0 Å². The highest BCUT2D eigenvalue weighted by Gasteiger charge is 2.26. The maximum Gasteiger partial charge on any atom is 0.233 e.